The molecule has 1 aromatic heterocycles. The number of carbonyl (C=O) groups is 1. The first-order valence-corrected chi connectivity index (χ1v) is 7.46. The summed E-state index contributed by atoms with van der Waals surface area (Å²) in [5.74, 6) is 0. The van der Waals surface area contributed by atoms with Crippen LogP contribution in [0.25, 0.3) is 0 Å². The second kappa shape index (κ2) is 6.48. The van der Waals surface area contributed by atoms with Gasteiger partial charge in [-0.3, -0.25) is 0 Å². The van der Waals surface area contributed by atoms with E-state index in [0.717, 1.165) is 24.1 Å². The zero-order valence-electron chi connectivity index (χ0n) is 12.0. The van der Waals surface area contributed by atoms with Crippen LogP contribution in [0.4, 0.5) is 10.5 Å². The Bertz CT molecular complexity index is 560. The highest BCUT2D eigenvalue weighted by atomic mass is 16.3. The number of carbonyl (C=O) groups excluding carboxylic acids is 1. The van der Waals surface area contributed by atoms with Gasteiger partial charge in [0.15, 0.2) is 0 Å². The third-order valence-electron chi connectivity index (χ3n) is 3.98. The number of urea groups is 1. The molecule has 2 amide bonds. The normalized spacial score (nSPS) is 15.0. The Kier molecular flexibility index (Phi) is 4.24. The fourth-order valence-corrected chi connectivity index (χ4v) is 2.88. The van der Waals surface area contributed by atoms with Crippen molar-refractivity contribution in [3.63, 3.8) is 0 Å². The molecule has 0 spiro atoms. The minimum absolute atomic E-state index is 0.0331. The van der Waals surface area contributed by atoms with Crippen LogP contribution in [0.15, 0.2) is 53.3 Å². The summed E-state index contributed by atoms with van der Waals surface area (Å²) in [6, 6.07) is 11.8. The van der Waals surface area contributed by atoms with Crippen molar-refractivity contribution in [1.82, 2.24) is 4.90 Å². The zero-order valence-corrected chi connectivity index (χ0v) is 12.0. The molecular weight excluding hydrogens is 264 g/mol. The van der Waals surface area contributed by atoms with Crippen LogP contribution in [-0.4, -0.2) is 17.0 Å². The Labute approximate surface area is 124 Å². The van der Waals surface area contributed by atoms with Gasteiger partial charge in [0.2, 0.25) is 0 Å². The number of furan rings is 1. The third-order valence-corrected chi connectivity index (χ3v) is 3.98. The number of rotatable bonds is 4. The Morgan fingerprint density at radius 3 is 2.62 bits per heavy atom. The van der Waals surface area contributed by atoms with Crippen LogP contribution in [0.2, 0.25) is 0 Å². The van der Waals surface area contributed by atoms with E-state index in [9.17, 15) is 4.79 Å². The van der Waals surface area contributed by atoms with Crippen LogP contribution >= 0.6 is 0 Å². The molecule has 0 radical (unpaired) electrons. The monoisotopic (exact) mass is 284 g/mol. The topological polar surface area (TPSA) is 45.5 Å². The molecule has 4 nitrogen and oxygen atoms in total. The summed E-state index contributed by atoms with van der Waals surface area (Å²) >= 11 is 0. The summed E-state index contributed by atoms with van der Waals surface area (Å²) in [6.07, 6.45) is 7.92. The van der Waals surface area contributed by atoms with E-state index < -0.39 is 0 Å². The predicted molar refractivity (Wildman–Crippen MR) is 82.0 cm³/mol. The highest BCUT2D eigenvalue weighted by molar-refractivity contribution is 5.89. The van der Waals surface area contributed by atoms with E-state index in [1.54, 1.807) is 12.5 Å². The summed E-state index contributed by atoms with van der Waals surface area (Å²) in [7, 11) is 0. The first-order chi connectivity index (χ1) is 10.3. The van der Waals surface area contributed by atoms with Gasteiger partial charge in [-0.05, 0) is 31.0 Å². The van der Waals surface area contributed by atoms with Gasteiger partial charge in [0.25, 0.3) is 0 Å². The molecule has 4 heteroatoms. The van der Waals surface area contributed by atoms with Gasteiger partial charge >= 0.3 is 6.03 Å². The van der Waals surface area contributed by atoms with Crippen LogP contribution in [0, 0.1) is 0 Å². The van der Waals surface area contributed by atoms with Gasteiger partial charge in [-0.2, -0.15) is 0 Å². The molecule has 3 rings (SSSR count). The number of hydrogen-bond donors (Lipinski definition) is 1. The predicted octanol–water partition coefficient (Wildman–Crippen LogP) is 4.26. The van der Waals surface area contributed by atoms with Gasteiger partial charge in [-0.1, -0.05) is 31.0 Å². The van der Waals surface area contributed by atoms with Crippen LogP contribution < -0.4 is 5.32 Å². The van der Waals surface area contributed by atoms with Crippen molar-refractivity contribution in [3.8, 4) is 0 Å². The molecule has 2 aromatic rings. The molecule has 110 valence electrons. The maximum atomic E-state index is 12.6. The first-order valence-electron chi connectivity index (χ1n) is 7.46. The van der Waals surface area contributed by atoms with Gasteiger partial charge < -0.3 is 14.6 Å². The number of nitrogens with one attached hydrogen (secondary N) is 1. The summed E-state index contributed by atoms with van der Waals surface area (Å²) in [6.45, 7) is 0.597. The third kappa shape index (κ3) is 3.45. The molecule has 1 aliphatic carbocycles. The molecule has 0 unspecified atom stereocenters. The van der Waals surface area contributed by atoms with E-state index in [1.807, 2.05) is 41.3 Å². The van der Waals surface area contributed by atoms with E-state index in [4.69, 9.17) is 4.42 Å². The number of anilines is 1. The molecule has 0 aliphatic heterocycles. The summed E-state index contributed by atoms with van der Waals surface area (Å²) in [5, 5.41) is 2.99. The van der Waals surface area contributed by atoms with Gasteiger partial charge in [-0.15, -0.1) is 0 Å². The lowest BCUT2D eigenvalue weighted by Gasteiger charge is -2.28. The summed E-state index contributed by atoms with van der Waals surface area (Å²) < 4.78 is 5.12. The molecule has 21 heavy (non-hydrogen) atoms. The smallest absolute Gasteiger partial charge is 0.322 e. The Balaban J connectivity index is 1.72. The summed E-state index contributed by atoms with van der Waals surface area (Å²) in [4.78, 5) is 14.5. The average molecular weight is 284 g/mol. The van der Waals surface area contributed by atoms with Crippen molar-refractivity contribution >= 4 is 11.7 Å². The highest BCUT2D eigenvalue weighted by Gasteiger charge is 2.27. The largest absolute Gasteiger partial charge is 0.472 e. The van der Waals surface area contributed by atoms with Crippen molar-refractivity contribution in [2.75, 3.05) is 5.32 Å². The fraction of sp³-hybridized carbons (Fsp3) is 0.353. The average Bonchev–Trinajstić information content (AvgIpc) is 3.19. The lowest BCUT2D eigenvalue weighted by Crippen LogP contribution is -2.41. The SMILES string of the molecule is O=C(Nc1ccccc1)N(Cc1ccoc1)C1CCCC1. The van der Waals surface area contributed by atoms with Crippen LogP contribution in [0.3, 0.4) is 0 Å². The minimum Gasteiger partial charge on any atom is -0.472 e. The second-order valence-corrected chi connectivity index (χ2v) is 5.49. The van der Waals surface area contributed by atoms with Crippen molar-refractivity contribution in [3.05, 3.63) is 54.5 Å². The maximum absolute atomic E-state index is 12.6. The van der Waals surface area contributed by atoms with E-state index in [0.29, 0.717) is 12.6 Å². The van der Waals surface area contributed by atoms with Crippen molar-refractivity contribution in [2.24, 2.45) is 0 Å². The van der Waals surface area contributed by atoms with Crippen LogP contribution in [0.1, 0.15) is 31.2 Å². The molecular formula is C17H20N2O2. The number of para-hydroxylation sites is 1. The van der Waals surface area contributed by atoms with Crippen molar-refractivity contribution < 1.29 is 9.21 Å². The second-order valence-electron chi connectivity index (χ2n) is 5.49. The number of amides is 2. The standard InChI is InChI=1S/C17H20N2O2/c20-17(18-15-6-2-1-3-7-15)19(16-8-4-5-9-16)12-14-10-11-21-13-14/h1-3,6-7,10-11,13,16H,4-5,8-9,12H2,(H,18,20). The molecule has 1 aliphatic rings. The number of nitrogens with zero attached hydrogens (tertiary/aromatic N) is 1. The Morgan fingerprint density at radius 1 is 1.19 bits per heavy atom. The molecule has 1 saturated carbocycles. The molecule has 0 saturated heterocycles. The van der Waals surface area contributed by atoms with Gasteiger partial charge in [-0.25, -0.2) is 4.79 Å². The number of hydrogen-bond acceptors (Lipinski definition) is 2. The summed E-state index contributed by atoms with van der Waals surface area (Å²) in [5.41, 5.74) is 1.86. The first kappa shape index (κ1) is 13.7. The minimum atomic E-state index is -0.0331. The van der Waals surface area contributed by atoms with E-state index in [2.05, 4.69) is 5.32 Å². The van der Waals surface area contributed by atoms with E-state index >= 15 is 0 Å². The van der Waals surface area contributed by atoms with E-state index in [-0.39, 0.29) is 6.03 Å². The van der Waals surface area contributed by atoms with Crippen LogP contribution in [0.5, 0.6) is 0 Å². The molecule has 1 N–H and O–H groups in total. The lowest BCUT2D eigenvalue weighted by atomic mass is 10.2. The van der Waals surface area contributed by atoms with Crippen molar-refractivity contribution in [1.29, 1.82) is 0 Å². The Hall–Kier alpha value is -2.23. The zero-order chi connectivity index (χ0) is 14.5. The lowest BCUT2D eigenvalue weighted by molar-refractivity contribution is 0.184. The molecule has 0 atom stereocenters. The molecule has 0 bridgehead atoms. The van der Waals surface area contributed by atoms with Crippen molar-refractivity contribution in [2.45, 2.75) is 38.3 Å². The van der Waals surface area contributed by atoms with E-state index in [1.165, 1.54) is 12.8 Å². The maximum Gasteiger partial charge on any atom is 0.322 e. The number of benzene rings is 1. The molecule has 1 aromatic carbocycles. The van der Waals surface area contributed by atoms with Gasteiger partial charge in [0.05, 0.1) is 19.1 Å². The van der Waals surface area contributed by atoms with Gasteiger partial charge in [0.1, 0.15) is 0 Å². The van der Waals surface area contributed by atoms with Gasteiger partial charge in [0, 0.05) is 17.3 Å². The quantitative estimate of drug-likeness (QED) is 0.912. The van der Waals surface area contributed by atoms with Crippen LogP contribution in [-0.2, 0) is 6.54 Å². The molecule has 1 heterocycles. The Morgan fingerprint density at radius 2 is 1.95 bits per heavy atom. The highest BCUT2D eigenvalue weighted by Crippen LogP contribution is 2.26. The molecule has 1 fully saturated rings. The fourth-order valence-electron chi connectivity index (χ4n) is 2.88.